The number of hydrogen-bond donors (Lipinski definition) is 2. The Labute approximate surface area is 156 Å². The molecular weight excluding hydrogens is 338 g/mol. The Bertz CT molecular complexity index is 566. The highest BCUT2D eigenvalue weighted by Gasteiger charge is 2.31. The van der Waals surface area contributed by atoms with E-state index in [4.69, 9.17) is 16.3 Å². The number of halogens is 1. The van der Waals surface area contributed by atoms with Crippen molar-refractivity contribution in [3.8, 4) is 5.88 Å². The van der Waals surface area contributed by atoms with Crippen LogP contribution in [0.2, 0.25) is 5.02 Å². The fraction of sp³-hybridized carbons (Fsp3) is 0.667. The van der Waals surface area contributed by atoms with Gasteiger partial charge in [0.15, 0.2) is 5.96 Å². The lowest BCUT2D eigenvalue weighted by atomic mass is 10.1. The molecule has 1 saturated heterocycles. The van der Waals surface area contributed by atoms with Crippen LogP contribution in [0, 0.1) is 5.92 Å². The van der Waals surface area contributed by atoms with E-state index in [1.165, 1.54) is 0 Å². The third kappa shape index (κ3) is 6.04. The van der Waals surface area contributed by atoms with E-state index < -0.39 is 0 Å². The minimum absolute atomic E-state index is 0.409. The first-order chi connectivity index (χ1) is 12.0. The first kappa shape index (κ1) is 19.8. The maximum atomic E-state index is 6.03. The van der Waals surface area contributed by atoms with Crippen LogP contribution in [0.25, 0.3) is 0 Å². The van der Waals surface area contributed by atoms with Gasteiger partial charge in [-0.3, -0.25) is 4.90 Å². The second kappa shape index (κ2) is 9.82. The van der Waals surface area contributed by atoms with Gasteiger partial charge < -0.3 is 15.4 Å². The number of ether oxygens (including phenoxy) is 1. The maximum Gasteiger partial charge on any atom is 0.232 e. The number of hydrogen-bond acceptors (Lipinski definition) is 4. The van der Waals surface area contributed by atoms with Crippen molar-refractivity contribution in [3.05, 3.63) is 23.4 Å². The molecule has 0 aromatic carbocycles. The molecule has 1 aromatic heterocycles. The summed E-state index contributed by atoms with van der Waals surface area (Å²) in [6, 6.07) is 4.53. The normalized spacial score (nSPS) is 21.6. The maximum absolute atomic E-state index is 6.03. The number of nitrogens with one attached hydrogen (secondary N) is 2. The number of guanidine groups is 1. The number of likely N-dealkylation sites (tertiary alicyclic amines) is 1. The summed E-state index contributed by atoms with van der Waals surface area (Å²) in [6.45, 7) is 12.8. The number of aromatic nitrogens is 1. The Morgan fingerprint density at radius 3 is 2.92 bits per heavy atom. The van der Waals surface area contributed by atoms with Crippen LogP contribution in [0.5, 0.6) is 5.88 Å². The SMILES string of the molecule is CCNC(=NCCOc1ncccc1Cl)NC1CN(C(C)C)CC1C. The molecule has 0 amide bonds. The highest BCUT2D eigenvalue weighted by atomic mass is 35.5. The van der Waals surface area contributed by atoms with Gasteiger partial charge in [-0.25, -0.2) is 9.98 Å². The second-order valence-electron chi connectivity index (χ2n) is 6.68. The molecule has 0 saturated carbocycles. The predicted molar refractivity (Wildman–Crippen MR) is 104 cm³/mol. The lowest BCUT2D eigenvalue weighted by Gasteiger charge is -2.22. The standard InChI is InChI=1S/C18H30ClN5O/c1-5-20-18(23-16-12-24(13(2)3)11-14(16)4)22-9-10-25-17-15(19)7-6-8-21-17/h6-8,13-14,16H,5,9-12H2,1-4H3,(H2,20,22,23). The van der Waals surface area contributed by atoms with Gasteiger partial charge in [-0.15, -0.1) is 0 Å². The fourth-order valence-corrected chi connectivity index (χ4v) is 3.06. The van der Waals surface area contributed by atoms with Crippen molar-refractivity contribution in [3.63, 3.8) is 0 Å². The highest BCUT2D eigenvalue weighted by Crippen LogP contribution is 2.20. The minimum atomic E-state index is 0.409. The van der Waals surface area contributed by atoms with Crippen LogP contribution in [0.1, 0.15) is 27.7 Å². The molecule has 1 aromatic rings. The van der Waals surface area contributed by atoms with Gasteiger partial charge in [0, 0.05) is 37.9 Å². The third-order valence-corrected chi connectivity index (χ3v) is 4.65. The van der Waals surface area contributed by atoms with Crippen molar-refractivity contribution < 1.29 is 4.74 Å². The molecule has 7 heteroatoms. The molecule has 140 valence electrons. The molecule has 2 heterocycles. The zero-order valence-electron chi connectivity index (χ0n) is 15.6. The first-order valence-electron chi connectivity index (χ1n) is 9.03. The van der Waals surface area contributed by atoms with Gasteiger partial charge in [-0.2, -0.15) is 0 Å². The summed E-state index contributed by atoms with van der Waals surface area (Å²) in [5.74, 6) is 1.88. The summed E-state index contributed by atoms with van der Waals surface area (Å²) in [6.07, 6.45) is 1.66. The molecule has 1 aliphatic heterocycles. The Morgan fingerprint density at radius 1 is 1.48 bits per heavy atom. The van der Waals surface area contributed by atoms with Crippen LogP contribution < -0.4 is 15.4 Å². The molecule has 0 aliphatic carbocycles. The zero-order valence-corrected chi connectivity index (χ0v) is 16.4. The molecule has 2 atom stereocenters. The summed E-state index contributed by atoms with van der Waals surface area (Å²) < 4.78 is 5.59. The average Bonchev–Trinajstić information content (AvgIpc) is 2.94. The van der Waals surface area contributed by atoms with Gasteiger partial charge in [0.05, 0.1) is 6.54 Å². The van der Waals surface area contributed by atoms with E-state index in [0.717, 1.165) is 25.6 Å². The van der Waals surface area contributed by atoms with Crippen molar-refractivity contribution in [2.45, 2.75) is 39.8 Å². The number of nitrogens with zero attached hydrogens (tertiary/aromatic N) is 3. The molecule has 2 rings (SSSR count). The largest absolute Gasteiger partial charge is 0.475 e. The Balaban J connectivity index is 1.85. The van der Waals surface area contributed by atoms with Crippen molar-refractivity contribution >= 4 is 17.6 Å². The van der Waals surface area contributed by atoms with Crippen LogP contribution in [-0.4, -0.2) is 60.7 Å². The van der Waals surface area contributed by atoms with Crippen molar-refractivity contribution in [1.29, 1.82) is 0 Å². The van der Waals surface area contributed by atoms with E-state index in [1.807, 2.05) is 0 Å². The van der Waals surface area contributed by atoms with Crippen molar-refractivity contribution in [2.24, 2.45) is 10.9 Å². The van der Waals surface area contributed by atoms with Gasteiger partial charge in [0.1, 0.15) is 11.6 Å². The second-order valence-corrected chi connectivity index (χ2v) is 7.08. The molecule has 2 N–H and O–H groups in total. The Kier molecular flexibility index (Phi) is 7.78. The molecule has 2 unspecified atom stereocenters. The zero-order chi connectivity index (χ0) is 18.2. The summed E-state index contributed by atoms with van der Waals surface area (Å²) in [4.78, 5) is 11.2. The molecule has 1 aliphatic rings. The number of pyridine rings is 1. The molecular formula is C18H30ClN5O. The van der Waals surface area contributed by atoms with Crippen LogP contribution >= 0.6 is 11.6 Å². The lowest BCUT2D eigenvalue weighted by molar-refractivity contribution is 0.265. The summed E-state index contributed by atoms with van der Waals surface area (Å²) in [5, 5.41) is 7.39. The van der Waals surface area contributed by atoms with Crippen LogP contribution in [0.3, 0.4) is 0 Å². The molecule has 6 nitrogen and oxygen atoms in total. The van der Waals surface area contributed by atoms with Gasteiger partial charge in [0.2, 0.25) is 5.88 Å². The van der Waals surface area contributed by atoms with E-state index >= 15 is 0 Å². The smallest absolute Gasteiger partial charge is 0.232 e. The number of rotatable bonds is 7. The van der Waals surface area contributed by atoms with Crippen molar-refractivity contribution in [2.75, 3.05) is 32.8 Å². The van der Waals surface area contributed by atoms with Gasteiger partial charge in [0.25, 0.3) is 0 Å². The van der Waals surface area contributed by atoms with Gasteiger partial charge >= 0.3 is 0 Å². The van der Waals surface area contributed by atoms with E-state index in [9.17, 15) is 0 Å². The quantitative estimate of drug-likeness (QED) is 0.440. The van der Waals surface area contributed by atoms with Crippen LogP contribution in [-0.2, 0) is 0 Å². The third-order valence-electron chi connectivity index (χ3n) is 4.36. The van der Waals surface area contributed by atoms with Gasteiger partial charge in [-0.1, -0.05) is 18.5 Å². The Hall–Kier alpha value is -1.53. The monoisotopic (exact) mass is 367 g/mol. The lowest BCUT2D eigenvalue weighted by Crippen LogP contribution is -2.47. The number of aliphatic imine (C=N–C) groups is 1. The topological polar surface area (TPSA) is 61.8 Å². The predicted octanol–water partition coefficient (Wildman–Crippen LogP) is 2.40. The minimum Gasteiger partial charge on any atom is -0.475 e. The fourth-order valence-electron chi connectivity index (χ4n) is 2.89. The molecule has 0 spiro atoms. The van der Waals surface area contributed by atoms with Gasteiger partial charge in [-0.05, 0) is 38.8 Å². The Morgan fingerprint density at radius 2 is 2.28 bits per heavy atom. The molecule has 1 fully saturated rings. The molecule has 0 bridgehead atoms. The summed E-state index contributed by atoms with van der Waals surface area (Å²) in [5.41, 5.74) is 0. The van der Waals surface area contributed by atoms with Crippen LogP contribution in [0.4, 0.5) is 0 Å². The molecule has 25 heavy (non-hydrogen) atoms. The van der Waals surface area contributed by atoms with Crippen LogP contribution in [0.15, 0.2) is 23.3 Å². The van der Waals surface area contributed by atoms with E-state index in [0.29, 0.717) is 42.1 Å². The molecule has 0 radical (unpaired) electrons. The average molecular weight is 368 g/mol. The van der Waals surface area contributed by atoms with E-state index in [1.54, 1.807) is 18.3 Å². The highest BCUT2D eigenvalue weighted by molar-refractivity contribution is 6.31. The first-order valence-corrected chi connectivity index (χ1v) is 9.41. The summed E-state index contributed by atoms with van der Waals surface area (Å²) >= 11 is 6.03. The van der Waals surface area contributed by atoms with E-state index in [-0.39, 0.29) is 0 Å². The van der Waals surface area contributed by atoms with Crippen molar-refractivity contribution in [1.82, 2.24) is 20.5 Å². The summed E-state index contributed by atoms with van der Waals surface area (Å²) in [7, 11) is 0. The van der Waals surface area contributed by atoms with E-state index in [2.05, 4.69) is 53.2 Å².